The van der Waals surface area contributed by atoms with E-state index in [9.17, 15) is 14.9 Å². The quantitative estimate of drug-likeness (QED) is 0.305. The summed E-state index contributed by atoms with van der Waals surface area (Å²) in [4.78, 5) is 26.8. The second-order valence-electron chi connectivity index (χ2n) is 7.49. The average molecular weight is 449 g/mol. The largest absolute Gasteiger partial charge is 0.497 e. The van der Waals surface area contributed by atoms with E-state index >= 15 is 0 Å². The Balaban J connectivity index is 1.31. The summed E-state index contributed by atoms with van der Waals surface area (Å²) in [6.45, 7) is 3.15. The number of carbonyl (C=O) groups is 1. The molecule has 0 radical (unpaired) electrons. The summed E-state index contributed by atoms with van der Waals surface area (Å²) in [5.74, 6) is 1.39. The highest BCUT2D eigenvalue weighted by atomic mass is 16.6. The molecule has 2 heterocycles. The minimum Gasteiger partial charge on any atom is -0.497 e. The maximum Gasteiger partial charge on any atom is 0.269 e. The van der Waals surface area contributed by atoms with Gasteiger partial charge in [0.1, 0.15) is 5.75 Å². The van der Waals surface area contributed by atoms with Crippen molar-refractivity contribution in [2.24, 2.45) is 0 Å². The highest BCUT2D eigenvalue weighted by Gasteiger charge is 2.21. The van der Waals surface area contributed by atoms with Crippen molar-refractivity contribution in [3.63, 3.8) is 0 Å². The molecule has 1 aromatic heterocycles. The van der Waals surface area contributed by atoms with Crippen LogP contribution in [0.25, 0.3) is 11.8 Å². The molecule has 1 amide bonds. The molecule has 3 aromatic rings. The SMILES string of the molecule is COc1ccc(-n2nnnc2CN2CCN(C(=O)/C=C\c3ccc([N+](=O)[O-])cc3)CC2)cc1. The maximum absolute atomic E-state index is 12.5. The molecule has 0 saturated carbocycles. The number of rotatable bonds is 7. The van der Waals surface area contributed by atoms with E-state index in [1.165, 1.54) is 18.2 Å². The van der Waals surface area contributed by atoms with E-state index in [4.69, 9.17) is 4.74 Å². The number of nitro groups is 1. The van der Waals surface area contributed by atoms with Gasteiger partial charge in [-0.1, -0.05) is 0 Å². The van der Waals surface area contributed by atoms with Crippen molar-refractivity contribution in [2.75, 3.05) is 33.3 Å². The minimum atomic E-state index is -0.451. The minimum absolute atomic E-state index is 0.0209. The molecule has 11 heteroatoms. The lowest BCUT2D eigenvalue weighted by Gasteiger charge is -2.33. The summed E-state index contributed by atoms with van der Waals surface area (Å²) < 4.78 is 6.89. The van der Waals surface area contributed by atoms with E-state index in [1.807, 2.05) is 24.3 Å². The lowest BCUT2D eigenvalue weighted by Crippen LogP contribution is -2.48. The van der Waals surface area contributed by atoms with Crippen molar-refractivity contribution in [1.82, 2.24) is 30.0 Å². The number of hydrogen-bond acceptors (Lipinski definition) is 8. The van der Waals surface area contributed by atoms with Crippen molar-refractivity contribution in [3.05, 3.63) is 76.1 Å². The second-order valence-corrected chi connectivity index (χ2v) is 7.49. The number of aromatic nitrogens is 4. The summed E-state index contributed by atoms with van der Waals surface area (Å²) in [7, 11) is 1.62. The Bertz CT molecular complexity index is 1130. The van der Waals surface area contributed by atoms with Crippen LogP contribution in [-0.4, -0.2) is 74.1 Å². The van der Waals surface area contributed by atoms with Crippen LogP contribution in [0.1, 0.15) is 11.4 Å². The molecule has 170 valence electrons. The summed E-state index contributed by atoms with van der Waals surface area (Å²) >= 11 is 0. The van der Waals surface area contributed by atoms with Crippen molar-refractivity contribution in [2.45, 2.75) is 6.54 Å². The number of nitro benzene ring substituents is 1. The first-order chi connectivity index (χ1) is 16.0. The Morgan fingerprint density at radius 1 is 1.09 bits per heavy atom. The molecule has 1 aliphatic heterocycles. The van der Waals surface area contributed by atoms with Gasteiger partial charge in [-0.3, -0.25) is 19.8 Å². The van der Waals surface area contributed by atoms with Crippen LogP contribution in [0, 0.1) is 10.1 Å². The van der Waals surface area contributed by atoms with E-state index < -0.39 is 4.92 Å². The molecule has 11 nitrogen and oxygen atoms in total. The van der Waals surface area contributed by atoms with Crippen molar-refractivity contribution in [1.29, 1.82) is 0 Å². The number of piperazine rings is 1. The molecule has 0 bridgehead atoms. The van der Waals surface area contributed by atoms with Crippen molar-refractivity contribution < 1.29 is 14.5 Å². The number of carbonyl (C=O) groups excluding carboxylic acids is 1. The molecule has 4 rings (SSSR count). The molecular weight excluding hydrogens is 426 g/mol. The van der Waals surface area contributed by atoms with Crippen LogP contribution in [0.4, 0.5) is 5.69 Å². The van der Waals surface area contributed by atoms with Gasteiger partial charge in [0.05, 0.1) is 24.3 Å². The van der Waals surface area contributed by atoms with Crippen LogP contribution < -0.4 is 4.74 Å². The predicted molar refractivity (Wildman–Crippen MR) is 120 cm³/mol. The molecule has 0 aliphatic carbocycles. The van der Waals surface area contributed by atoms with Gasteiger partial charge in [-0.25, -0.2) is 0 Å². The van der Waals surface area contributed by atoms with Gasteiger partial charge in [0.25, 0.3) is 5.69 Å². The fourth-order valence-corrected chi connectivity index (χ4v) is 3.53. The summed E-state index contributed by atoms with van der Waals surface area (Å²) in [6, 6.07) is 13.6. The van der Waals surface area contributed by atoms with Gasteiger partial charge in [-0.15, -0.1) is 5.10 Å². The molecule has 0 unspecified atom stereocenters. The number of hydrogen-bond donors (Lipinski definition) is 0. The monoisotopic (exact) mass is 449 g/mol. The van der Waals surface area contributed by atoms with E-state index in [0.29, 0.717) is 32.7 Å². The smallest absolute Gasteiger partial charge is 0.269 e. The first-order valence-electron chi connectivity index (χ1n) is 10.4. The lowest BCUT2D eigenvalue weighted by atomic mass is 10.2. The van der Waals surface area contributed by atoms with Gasteiger partial charge in [0.15, 0.2) is 5.82 Å². The predicted octanol–water partition coefficient (Wildman–Crippen LogP) is 1.94. The summed E-state index contributed by atoms with van der Waals surface area (Å²) in [5.41, 5.74) is 1.60. The third-order valence-electron chi connectivity index (χ3n) is 5.42. The normalized spacial score (nSPS) is 14.5. The van der Waals surface area contributed by atoms with Crippen molar-refractivity contribution >= 4 is 17.7 Å². The number of ether oxygens (including phenoxy) is 1. The zero-order valence-electron chi connectivity index (χ0n) is 18.1. The van der Waals surface area contributed by atoms with Gasteiger partial charge < -0.3 is 9.64 Å². The number of non-ortho nitro benzene ring substituents is 1. The van der Waals surface area contributed by atoms with E-state index in [2.05, 4.69) is 20.4 Å². The first-order valence-corrected chi connectivity index (χ1v) is 10.4. The summed E-state index contributed by atoms with van der Waals surface area (Å²) in [6.07, 6.45) is 3.17. The molecule has 2 aromatic carbocycles. The molecule has 1 saturated heterocycles. The molecule has 1 fully saturated rings. The van der Waals surface area contributed by atoms with Crippen LogP contribution in [0.15, 0.2) is 54.6 Å². The van der Waals surface area contributed by atoms with Crippen LogP contribution in [-0.2, 0) is 11.3 Å². The second kappa shape index (κ2) is 10.0. The average Bonchev–Trinajstić information content (AvgIpc) is 3.31. The van der Waals surface area contributed by atoms with Crippen LogP contribution in [0.3, 0.4) is 0 Å². The topological polar surface area (TPSA) is 120 Å². The van der Waals surface area contributed by atoms with Gasteiger partial charge in [0.2, 0.25) is 5.91 Å². The highest BCUT2D eigenvalue weighted by Crippen LogP contribution is 2.16. The standard InChI is InChI=1S/C22H23N7O4/c1-33-20-9-7-18(8-10-20)28-21(23-24-25-28)16-26-12-14-27(15-13-26)22(30)11-4-17-2-5-19(6-3-17)29(31)32/h2-11H,12-16H2,1H3/b11-4-. The van der Waals surface area contributed by atoms with Gasteiger partial charge in [-0.2, -0.15) is 4.68 Å². The highest BCUT2D eigenvalue weighted by molar-refractivity contribution is 5.91. The van der Waals surface area contributed by atoms with Crippen LogP contribution in [0.5, 0.6) is 5.75 Å². The van der Waals surface area contributed by atoms with E-state index in [-0.39, 0.29) is 11.6 Å². The Labute approximate surface area is 190 Å². The molecule has 1 aliphatic rings. The Hall–Kier alpha value is -4.12. The van der Waals surface area contributed by atoms with Gasteiger partial charge in [0, 0.05) is 44.4 Å². The molecule has 0 atom stereocenters. The number of nitrogens with zero attached hydrogens (tertiary/aromatic N) is 7. The first kappa shape index (κ1) is 22.1. The Morgan fingerprint density at radius 3 is 2.42 bits per heavy atom. The van der Waals surface area contributed by atoms with E-state index in [1.54, 1.807) is 34.9 Å². The number of tetrazole rings is 1. The lowest BCUT2D eigenvalue weighted by molar-refractivity contribution is -0.384. The zero-order chi connectivity index (χ0) is 23.2. The Kier molecular flexibility index (Phi) is 6.69. The number of amides is 1. The van der Waals surface area contributed by atoms with E-state index in [0.717, 1.165) is 22.8 Å². The van der Waals surface area contributed by atoms with Gasteiger partial charge >= 0.3 is 0 Å². The molecule has 33 heavy (non-hydrogen) atoms. The number of methoxy groups -OCH3 is 1. The fraction of sp³-hybridized carbons (Fsp3) is 0.273. The van der Waals surface area contributed by atoms with Crippen LogP contribution in [0.2, 0.25) is 0 Å². The molecule has 0 spiro atoms. The Morgan fingerprint density at radius 2 is 1.79 bits per heavy atom. The molecular formula is C22H23N7O4. The van der Waals surface area contributed by atoms with Crippen molar-refractivity contribution in [3.8, 4) is 11.4 Å². The molecule has 0 N–H and O–H groups in total. The maximum atomic E-state index is 12.5. The third kappa shape index (κ3) is 5.39. The van der Waals surface area contributed by atoms with Gasteiger partial charge in [-0.05, 0) is 58.5 Å². The fourth-order valence-electron chi connectivity index (χ4n) is 3.53. The van der Waals surface area contributed by atoms with Crippen LogP contribution >= 0.6 is 0 Å². The summed E-state index contributed by atoms with van der Waals surface area (Å²) in [5, 5.41) is 22.8. The zero-order valence-corrected chi connectivity index (χ0v) is 18.1. The number of benzene rings is 2. The third-order valence-corrected chi connectivity index (χ3v) is 5.42.